The van der Waals surface area contributed by atoms with Crippen LogP contribution in [0, 0.1) is 6.92 Å². The van der Waals surface area contributed by atoms with Crippen molar-refractivity contribution < 1.29 is 17.9 Å². The van der Waals surface area contributed by atoms with Gasteiger partial charge in [-0.15, -0.1) is 0 Å². The molecule has 0 radical (unpaired) electrons. The van der Waals surface area contributed by atoms with Crippen molar-refractivity contribution >= 4 is 21.4 Å². The number of nitrogens with one attached hydrogen (secondary N) is 1. The van der Waals surface area contributed by atoms with Gasteiger partial charge >= 0.3 is 0 Å². The molecule has 1 atom stereocenters. The van der Waals surface area contributed by atoms with Crippen molar-refractivity contribution in [3.05, 3.63) is 35.4 Å². The Bertz CT molecular complexity index is 909. The fourth-order valence-electron chi connectivity index (χ4n) is 3.17. The highest BCUT2D eigenvalue weighted by Gasteiger charge is 2.32. The van der Waals surface area contributed by atoms with E-state index >= 15 is 0 Å². The van der Waals surface area contributed by atoms with Gasteiger partial charge in [0.05, 0.1) is 23.9 Å². The van der Waals surface area contributed by atoms with Crippen LogP contribution in [-0.4, -0.2) is 42.2 Å². The van der Waals surface area contributed by atoms with Crippen LogP contribution in [0.1, 0.15) is 47.1 Å². The number of fused-ring (bicyclic) bond motifs is 1. The summed E-state index contributed by atoms with van der Waals surface area (Å²) >= 11 is 0. The number of pyridine rings is 1. The van der Waals surface area contributed by atoms with Gasteiger partial charge in [0.2, 0.25) is 10.0 Å². The molecule has 1 saturated carbocycles. The molecule has 0 spiro atoms. The second kappa shape index (κ2) is 5.56. The number of hydrogen-bond acceptors (Lipinski definition) is 5. The minimum atomic E-state index is -3.73. The lowest BCUT2D eigenvalue weighted by Gasteiger charge is -2.14. The van der Waals surface area contributed by atoms with Crippen LogP contribution in [0.25, 0.3) is 5.52 Å². The number of imidazole rings is 1. The molecular formula is C16H19N3O4S. The van der Waals surface area contributed by atoms with Gasteiger partial charge in [0.25, 0.3) is 5.91 Å². The van der Waals surface area contributed by atoms with Crippen LogP contribution in [0.3, 0.4) is 0 Å². The van der Waals surface area contributed by atoms with Gasteiger partial charge in [-0.1, -0.05) is 0 Å². The van der Waals surface area contributed by atoms with E-state index in [1.165, 1.54) is 0 Å². The number of ether oxygens (including phenoxy) is 1. The topological polar surface area (TPSA) is 89.8 Å². The van der Waals surface area contributed by atoms with E-state index in [1.54, 1.807) is 18.3 Å². The smallest absolute Gasteiger partial charge is 0.266 e. The first-order valence-electron chi connectivity index (χ1n) is 8.08. The number of amides is 1. The number of nitrogens with zero attached hydrogens (tertiary/aromatic N) is 2. The van der Waals surface area contributed by atoms with Gasteiger partial charge in [-0.2, -0.15) is 0 Å². The Kier molecular flexibility index (Phi) is 3.61. The molecule has 24 heavy (non-hydrogen) atoms. The van der Waals surface area contributed by atoms with E-state index in [0.717, 1.165) is 24.2 Å². The molecule has 1 aliphatic carbocycles. The van der Waals surface area contributed by atoms with E-state index < -0.39 is 21.2 Å². The fourth-order valence-corrected chi connectivity index (χ4v) is 4.38. The van der Waals surface area contributed by atoms with Crippen LogP contribution in [0.5, 0.6) is 0 Å². The first-order valence-corrected chi connectivity index (χ1v) is 9.62. The number of aryl methyl sites for hydroxylation is 1. The first-order chi connectivity index (χ1) is 11.5. The van der Waals surface area contributed by atoms with Crippen molar-refractivity contribution in [2.75, 3.05) is 13.2 Å². The summed E-state index contributed by atoms with van der Waals surface area (Å²) < 4.78 is 33.9. The molecule has 1 saturated heterocycles. The minimum absolute atomic E-state index is 0.133. The summed E-state index contributed by atoms with van der Waals surface area (Å²) in [5, 5.41) is -0.666. The molecule has 2 fully saturated rings. The molecule has 2 aliphatic rings. The van der Waals surface area contributed by atoms with E-state index in [2.05, 4.69) is 9.71 Å². The lowest BCUT2D eigenvalue weighted by Crippen LogP contribution is -2.39. The molecule has 128 valence electrons. The third-order valence-electron chi connectivity index (χ3n) is 4.71. The second-order valence-corrected chi connectivity index (χ2v) is 8.41. The molecular weight excluding hydrogens is 330 g/mol. The standard InChI is InChI=1S/C16H19N3O4S/c1-10-14(16(20)18-24(21,22)13-6-7-23-9-13)5-4-12-8-17-15(19(10)12)11-2-3-11/h4-5,8,11,13H,2-3,6-7,9H2,1H3,(H,18,20). The van der Waals surface area contributed by atoms with Gasteiger partial charge in [-0.25, -0.2) is 18.1 Å². The zero-order valence-corrected chi connectivity index (χ0v) is 14.2. The normalized spacial score (nSPS) is 21.3. The third-order valence-corrected chi connectivity index (χ3v) is 6.43. The Morgan fingerprint density at radius 2 is 2.12 bits per heavy atom. The summed E-state index contributed by atoms with van der Waals surface area (Å²) in [4.78, 5) is 17.0. The summed E-state index contributed by atoms with van der Waals surface area (Å²) in [6.07, 6.45) is 4.40. The zero-order chi connectivity index (χ0) is 16.9. The highest BCUT2D eigenvalue weighted by atomic mass is 32.2. The molecule has 1 amide bonds. The van der Waals surface area contributed by atoms with Crippen molar-refractivity contribution in [1.82, 2.24) is 14.1 Å². The van der Waals surface area contributed by atoms with Crippen LogP contribution in [-0.2, 0) is 14.8 Å². The average Bonchev–Trinajstić information content (AvgIpc) is 3.05. The SMILES string of the molecule is Cc1c(C(=O)NS(=O)(=O)C2CCOC2)ccc2cnc(C3CC3)n12. The quantitative estimate of drug-likeness (QED) is 0.900. The van der Waals surface area contributed by atoms with Gasteiger partial charge in [0.15, 0.2) is 0 Å². The predicted molar refractivity (Wildman–Crippen MR) is 87.5 cm³/mol. The molecule has 1 unspecified atom stereocenters. The number of rotatable bonds is 4. The molecule has 7 nitrogen and oxygen atoms in total. The van der Waals surface area contributed by atoms with E-state index in [-0.39, 0.29) is 6.61 Å². The maximum Gasteiger partial charge on any atom is 0.266 e. The van der Waals surface area contributed by atoms with Crippen LogP contribution < -0.4 is 4.72 Å². The molecule has 3 heterocycles. The largest absolute Gasteiger partial charge is 0.380 e. The summed E-state index contributed by atoms with van der Waals surface area (Å²) in [6.45, 7) is 2.36. The maximum atomic E-state index is 12.5. The van der Waals surface area contributed by atoms with Crippen molar-refractivity contribution in [1.29, 1.82) is 0 Å². The number of carbonyl (C=O) groups is 1. The monoisotopic (exact) mass is 349 g/mol. The van der Waals surface area contributed by atoms with Crippen LogP contribution in [0.15, 0.2) is 18.3 Å². The van der Waals surface area contributed by atoms with E-state index in [0.29, 0.717) is 30.2 Å². The van der Waals surface area contributed by atoms with Gasteiger partial charge in [0.1, 0.15) is 11.1 Å². The average molecular weight is 349 g/mol. The highest BCUT2D eigenvalue weighted by Crippen LogP contribution is 2.39. The molecule has 1 N–H and O–H groups in total. The summed E-state index contributed by atoms with van der Waals surface area (Å²) in [6, 6.07) is 3.45. The Morgan fingerprint density at radius 3 is 2.79 bits per heavy atom. The fraction of sp³-hybridized carbons (Fsp3) is 0.500. The summed E-state index contributed by atoms with van der Waals surface area (Å²) in [5.74, 6) is 0.782. The van der Waals surface area contributed by atoms with E-state index in [4.69, 9.17) is 4.74 Å². The highest BCUT2D eigenvalue weighted by molar-refractivity contribution is 7.90. The Balaban J connectivity index is 1.67. The Morgan fingerprint density at radius 1 is 1.33 bits per heavy atom. The number of aromatic nitrogens is 2. The van der Waals surface area contributed by atoms with Crippen molar-refractivity contribution in [2.45, 2.75) is 37.4 Å². The first kappa shape index (κ1) is 15.6. The van der Waals surface area contributed by atoms with E-state index in [9.17, 15) is 13.2 Å². The lowest BCUT2D eigenvalue weighted by atomic mass is 10.2. The third kappa shape index (κ3) is 2.59. The van der Waals surface area contributed by atoms with Crippen molar-refractivity contribution in [3.8, 4) is 0 Å². The molecule has 0 bridgehead atoms. The van der Waals surface area contributed by atoms with Gasteiger partial charge in [-0.05, 0) is 38.3 Å². The van der Waals surface area contributed by atoms with Crippen molar-refractivity contribution in [3.63, 3.8) is 0 Å². The minimum Gasteiger partial charge on any atom is -0.380 e. The number of carbonyl (C=O) groups excluding carboxylic acids is 1. The van der Waals surface area contributed by atoms with Gasteiger partial charge < -0.3 is 4.74 Å². The molecule has 1 aliphatic heterocycles. The predicted octanol–water partition coefficient (Wildman–Crippen LogP) is 1.37. The van der Waals surface area contributed by atoms with Gasteiger partial charge in [-0.3, -0.25) is 9.20 Å². The van der Waals surface area contributed by atoms with Crippen LogP contribution >= 0.6 is 0 Å². The Hall–Kier alpha value is -1.93. The van der Waals surface area contributed by atoms with Crippen molar-refractivity contribution in [2.24, 2.45) is 0 Å². The molecule has 2 aromatic heterocycles. The molecule has 8 heteroatoms. The summed E-state index contributed by atoms with van der Waals surface area (Å²) in [5.41, 5.74) is 1.98. The van der Waals surface area contributed by atoms with E-state index in [1.807, 2.05) is 11.3 Å². The molecule has 2 aromatic rings. The molecule has 4 rings (SSSR count). The summed E-state index contributed by atoms with van der Waals surface area (Å²) in [7, 11) is -3.73. The maximum absolute atomic E-state index is 12.5. The lowest BCUT2D eigenvalue weighted by molar-refractivity contribution is 0.0980. The second-order valence-electron chi connectivity index (χ2n) is 6.45. The Labute approximate surface area is 140 Å². The zero-order valence-electron chi connectivity index (χ0n) is 13.4. The number of sulfonamides is 1. The van der Waals surface area contributed by atoms with Crippen LogP contribution in [0.2, 0.25) is 0 Å². The molecule has 0 aromatic carbocycles. The van der Waals surface area contributed by atoms with Crippen LogP contribution in [0.4, 0.5) is 0 Å². The van der Waals surface area contributed by atoms with Gasteiger partial charge in [0, 0.05) is 18.2 Å². The number of hydrogen-bond donors (Lipinski definition) is 1.